The lowest BCUT2D eigenvalue weighted by Crippen LogP contribution is -2.32. The molecule has 0 aliphatic rings. The highest BCUT2D eigenvalue weighted by molar-refractivity contribution is 5.99. The summed E-state index contributed by atoms with van der Waals surface area (Å²) in [6.45, 7) is 0. The average molecular weight is 254 g/mol. The number of nitrogens with zero attached hydrogens (tertiary/aromatic N) is 2. The molecule has 0 spiro atoms. The molecule has 0 aromatic carbocycles. The molecule has 0 fully saturated rings. The molecule has 0 atom stereocenters. The van der Waals surface area contributed by atoms with Gasteiger partial charge in [-0.2, -0.15) is 0 Å². The fourth-order valence-electron chi connectivity index (χ4n) is 1.37. The fraction of sp³-hybridized carbons (Fsp3) is 0.364. The zero-order chi connectivity index (χ0) is 13.9. The quantitative estimate of drug-likeness (QED) is 0.722. The van der Waals surface area contributed by atoms with E-state index in [0.29, 0.717) is 0 Å². The number of carbonyl (C=O) groups is 3. The van der Waals surface area contributed by atoms with Crippen LogP contribution in [0.25, 0.3) is 0 Å². The summed E-state index contributed by atoms with van der Waals surface area (Å²) in [6.07, 6.45) is 0. The molecule has 0 aliphatic carbocycles. The van der Waals surface area contributed by atoms with Gasteiger partial charge in [0.15, 0.2) is 0 Å². The molecule has 18 heavy (non-hydrogen) atoms. The molecule has 0 saturated carbocycles. The van der Waals surface area contributed by atoms with Gasteiger partial charge in [-0.15, -0.1) is 0 Å². The zero-order valence-electron chi connectivity index (χ0n) is 10.6. The molecular formula is C11H14N2O5. The first-order chi connectivity index (χ1) is 8.43. The first-order valence-electron chi connectivity index (χ1n) is 5.04. The second kappa shape index (κ2) is 5.35. The van der Waals surface area contributed by atoms with Crippen molar-refractivity contribution in [3.05, 3.63) is 23.5 Å². The van der Waals surface area contributed by atoms with Gasteiger partial charge in [0, 0.05) is 14.1 Å². The van der Waals surface area contributed by atoms with Crippen LogP contribution in [0.3, 0.4) is 0 Å². The molecule has 1 amide bonds. The molecule has 7 nitrogen and oxygen atoms in total. The van der Waals surface area contributed by atoms with Crippen molar-refractivity contribution in [1.82, 2.24) is 9.47 Å². The van der Waals surface area contributed by atoms with Crippen molar-refractivity contribution in [3.8, 4) is 0 Å². The van der Waals surface area contributed by atoms with Gasteiger partial charge >= 0.3 is 18.0 Å². The van der Waals surface area contributed by atoms with E-state index >= 15 is 0 Å². The van der Waals surface area contributed by atoms with Gasteiger partial charge in [-0.3, -0.25) is 0 Å². The number of aromatic nitrogens is 1. The molecule has 1 aromatic heterocycles. The molecule has 0 bridgehead atoms. The lowest BCUT2D eigenvalue weighted by atomic mass is 10.4. The fourth-order valence-corrected chi connectivity index (χ4v) is 1.37. The van der Waals surface area contributed by atoms with E-state index < -0.39 is 18.0 Å². The van der Waals surface area contributed by atoms with Gasteiger partial charge in [0.05, 0.1) is 14.2 Å². The number of esters is 2. The second-order valence-electron chi connectivity index (χ2n) is 3.60. The van der Waals surface area contributed by atoms with Crippen LogP contribution in [0, 0.1) is 0 Å². The highest BCUT2D eigenvalue weighted by atomic mass is 16.5. The lowest BCUT2D eigenvalue weighted by molar-refractivity contribution is 0.0579. The maximum Gasteiger partial charge on any atom is 0.355 e. The third-order valence-electron chi connectivity index (χ3n) is 2.24. The van der Waals surface area contributed by atoms with Crippen molar-refractivity contribution >= 4 is 18.0 Å². The summed E-state index contributed by atoms with van der Waals surface area (Å²) in [7, 11) is 5.39. The molecular weight excluding hydrogens is 240 g/mol. The molecule has 98 valence electrons. The molecule has 0 unspecified atom stereocenters. The summed E-state index contributed by atoms with van der Waals surface area (Å²) in [4.78, 5) is 36.2. The molecule has 1 rings (SSSR count). The number of carbonyl (C=O) groups excluding carboxylic acids is 3. The number of rotatable bonds is 2. The smallest absolute Gasteiger partial charge is 0.355 e. The van der Waals surface area contributed by atoms with Gasteiger partial charge in [0.2, 0.25) is 0 Å². The van der Waals surface area contributed by atoms with Gasteiger partial charge in [-0.05, 0) is 12.1 Å². The van der Waals surface area contributed by atoms with Crippen LogP contribution >= 0.6 is 0 Å². The van der Waals surface area contributed by atoms with E-state index in [9.17, 15) is 14.4 Å². The second-order valence-corrected chi connectivity index (χ2v) is 3.60. The van der Waals surface area contributed by atoms with Gasteiger partial charge in [-0.25, -0.2) is 19.0 Å². The van der Waals surface area contributed by atoms with Crippen molar-refractivity contribution in [1.29, 1.82) is 0 Å². The van der Waals surface area contributed by atoms with Crippen LogP contribution in [0.15, 0.2) is 12.1 Å². The largest absolute Gasteiger partial charge is 0.464 e. The Bertz CT molecular complexity index is 456. The molecule has 0 radical (unpaired) electrons. The minimum atomic E-state index is -0.708. The molecule has 1 heterocycles. The number of hydrogen-bond acceptors (Lipinski definition) is 5. The van der Waals surface area contributed by atoms with E-state index in [1.54, 1.807) is 0 Å². The summed E-state index contributed by atoms with van der Waals surface area (Å²) in [6, 6.07) is 2.12. The first-order valence-corrected chi connectivity index (χ1v) is 5.04. The molecule has 1 aromatic rings. The monoisotopic (exact) mass is 254 g/mol. The summed E-state index contributed by atoms with van der Waals surface area (Å²) in [5.41, 5.74) is -0.0619. The summed E-state index contributed by atoms with van der Waals surface area (Å²) >= 11 is 0. The first kappa shape index (κ1) is 13.8. The Morgan fingerprint density at radius 1 is 1.00 bits per heavy atom. The number of amides is 1. The molecule has 7 heteroatoms. The minimum absolute atomic E-state index is 0.0309. The summed E-state index contributed by atoms with van der Waals surface area (Å²) in [5, 5.41) is 0. The number of hydrogen-bond donors (Lipinski definition) is 0. The van der Waals surface area contributed by atoms with E-state index in [-0.39, 0.29) is 11.4 Å². The highest BCUT2D eigenvalue weighted by Crippen LogP contribution is 2.13. The maximum absolute atomic E-state index is 12.0. The molecule has 0 N–H and O–H groups in total. The highest BCUT2D eigenvalue weighted by Gasteiger charge is 2.25. The van der Waals surface area contributed by atoms with Crippen LogP contribution < -0.4 is 0 Å². The Labute approximate surface area is 104 Å². The van der Waals surface area contributed by atoms with Crippen LogP contribution in [0.1, 0.15) is 21.0 Å². The van der Waals surface area contributed by atoms with Crippen molar-refractivity contribution in [2.45, 2.75) is 0 Å². The third-order valence-corrected chi connectivity index (χ3v) is 2.24. The standard InChI is InChI=1S/C11H14N2O5/c1-12(2)11(16)13-7(9(14)17-3)5-6-8(13)10(15)18-4/h5-6H,1-4H3. The predicted octanol–water partition coefficient (Wildman–Crippen LogP) is 0.591. The lowest BCUT2D eigenvalue weighted by Gasteiger charge is -2.15. The Balaban J connectivity index is 3.39. The van der Waals surface area contributed by atoms with Crippen LogP contribution in [-0.4, -0.2) is 55.8 Å². The Morgan fingerprint density at radius 2 is 1.39 bits per heavy atom. The maximum atomic E-state index is 12.0. The van der Waals surface area contributed by atoms with Crippen LogP contribution in [0.2, 0.25) is 0 Å². The Hall–Kier alpha value is -2.31. The van der Waals surface area contributed by atoms with Crippen molar-refractivity contribution in [3.63, 3.8) is 0 Å². The van der Waals surface area contributed by atoms with E-state index in [0.717, 1.165) is 4.57 Å². The van der Waals surface area contributed by atoms with Crippen LogP contribution in [0.4, 0.5) is 4.79 Å². The van der Waals surface area contributed by atoms with Crippen LogP contribution in [0.5, 0.6) is 0 Å². The van der Waals surface area contributed by atoms with Crippen molar-refractivity contribution < 1.29 is 23.9 Å². The van der Waals surface area contributed by atoms with Crippen LogP contribution in [-0.2, 0) is 9.47 Å². The van der Waals surface area contributed by atoms with Gasteiger partial charge in [0.25, 0.3) is 0 Å². The Kier molecular flexibility index (Phi) is 4.09. The average Bonchev–Trinajstić information content (AvgIpc) is 2.80. The normalized spacial score (nSPS) is 9.78. The number of ether oxygens (including phenoxy) is 2. The third kappa shape index (κ3) is 2.34. The van der Waals surface area contributed by atoms with Crippen molar-refractivity contribution in [2.24, 2.45) is 0 Å². The minimum Gasteiger partial charge on any atom is -0.464 e. The SMILES string of the molecule is COC(=O)c1ccc(C(=O)OC)n1C(=O)N(C)C. The predicted molar refractivity (Wildman–Crippen MR) is 61.6 cm³/mol. The molecule has 0 saturated heterocycles. The van der Waals surface area contributed by atoms with E-state index in [1.165, 1.54) is 45.3 Å². The van der Waals surface area contributed by atoms with E-state index in [4.69, 9.17) is 0 Å². The topological polar surface area (TPSA) is 77.8 Å². The van der Waals surface area contributed by atoms with E-state index in [1.807, 2.05) is 0 Å². The number of methoxy groups -OCH3 is 2. The summed E-state index contributed by atoms with van der Waals surface area (Å²) in [5.74, 6) is -1.42. The van der Waals surface area contributed by atoms with E-state index in [2.05, 4.69) is 9.47 Å². The van der Waals surface area contributed by atoms with Crippen molar-refractivity contribution in [2.75, 3.05) is 28.3 Å². The zero-order valence-corrected chi connectivity index (χ0v) is 10.6. The summed E-state index contributed by atoms with van der Waals surface area (Å²) < 4.78 is 10.1. The Morgan fingerprint density at radius 3 is 1.67 bits per heavy atom. The molecule has 0 aliphatic heterocycles. The van der Waals surface area contributed by atoms with Gasteiger partial charge in [0.1, 0.15) is 11.4 Å². The van der Waals surface area contributed by atoms with Gasteiger partial charge < -0.3 is 14.4 Å². The van der Waals surface area contributed by atoms with Gasteiger partial charge in [-0.1, -0.05) is 0 Å².